The van der Waals surface area contributed by atoms with Gasteiger partial charge in [-0.2, -0.15) is 0 Å². The topological polar surface area (TPSA) is 24.9 Å². The van der Waals surface area contributed by atoms with Crippen LogP contribution in [-0.4, -0.2) is 4.98 Å². The van der Waals surface area contributed by atoms with Crippen LogP contribution in [0.15, 0.2) is 45.5 Å². The average molecular weight is 391 g/mol. The molecule has 0 saturated carbocycles. The molecule has 2 nitrogen and oxygen atoms in total. The molecule has 94 valence electrons. The van der Waals surface area contributed by atoms with Gasteiger partial charge in [0.15, 0.2) is 0 Å². The van der Waals surface area contributed by atoms with E-state index < -0.39 is 0 Å². The highest BCUT2D eigenvalue weighted by atomic mass is 79.9. The lowest BCUT2D eigenvalue weighted by molar-refractivity contribution is 1.08. The van der Waals surface area contributed by atoms with E-state index >= 15 is 0 Å². The van der Waals surface area contributed by atoms with Crippen molar-refractivity contribution in [3.05, 3.63) is 51.0 Å². The molecule has 0 bridgehead atoms. The van der Waals surface area contributed by atoms with Crippen molar-refractivity contribution >= 4 is 55.0 Å². The zero-order chi connectivity index (χ0) is 13.1. The number of pyridine rings is 1. The molecule has 1 unspecified atom stereocenters. The fraction of sp³-hybridized carbons (Fsp3) is 0.154. The van der Waals surface area contributed by atoms with Gasteiger partial charge < -0.3 is 5.32 Å². The van der Waals surface area contributed by atoms with Crippen LogP contribution < -0.4 is 5.32 Å². The minimum atomic E-state index is -0.0528. The van der Waals surface area contributed by atoms with Crippen molar-refractivity contribution in [1.82, 2.24) is 4.98 Å². The highest BCUT2D eigenvalue weighted by molar-refractivity contribution is 9.11. The Labute approximate surface area is 128 Å². The van der Waals surface area contributed by atoms with Crippen molar-refractivity contribution in [1.29, 1.82) is 0 Å². The van der Waals surface area contributed by atoms with Crippen LogP contribution in [0.2, 0.25) is 0 Å². The van der Waals surface area contributed by atoms with Gasteiger partial charge in [-0.1, -0.05) is 18.2 Å². The Morgan fingerprint density at radius 1 is 1.28 bits per heavy atom. The van der Waals surface area contributed by atoms with Crippen LogP contribution in [0.5, 0.6) is 0 Å². The fourth-order valence-corrected chi connectivity index (χ4v) is 2.87. The summed E-state index contributed by atoms with van der Waals surface area (Å²) in [5, 5.41) is 3.23. The molecule has 0 saturated heterocycles. The summed E-state index contributed by atoms with van der Waals surface area (Å²) in [7, 11) is 0. The smallest absolute Gasteiger partial charge is 0.144 e. The van der Waals surface area contributed by atoms with Crippen LogP contribution >= 0.6 is 43.5 Å². The lowest BCUT2D eigenvalue weighted by Gasteiger charge is -2.13. The number of alkyl halides is 1. The summed E-state index contributed by atoms with van der Waals surface area (Å²) in [4.78, 5) is 4.33. The van der Waals surface area contributed by atoms with Gasteiger partial charge in [-0.3, -0.25) is 0 Å². The largest absolute Gasteiger partial charge is 0.339 e. The number of hydrogen-bond acceptors (Lipinski definition) is 2. The fourth-order valence-electron chi connectivity index (χ4n) is 1.59. The number of benzene rings is 1. The second kappa shape index (κ2) is 6.04. The number of aromatic nitrogens is 1. The predicted octanol–water partition coefficient (Wildman–Crippen LogP) is 5.65. The van der Waals surface area contributed by atoms with Crippen molar-refractivity contribution in [2.24, 2.45) is 0 Å². The molecule has 0 fully saturated rings. The maximum absolute atomic E-state index is 6.16. The second-order valence-electron chi connectivity index (χ2n) is 3.81. The second-order valence-corrected chi connectivity index (χ2v) is 6.24. The molecule has 18 heavy (non-hydrogen) atoms. The molecule has 1 heterocycles. The van der Waals surface area contributed by atoms with Gasteiger partial charge in [0, 0.05) is 16.4 Å². The van der Waals surface area contributed by atoms with E-state index in [2.05, 4.69) is 42.2 Å². The van der Waals surface area contributed by atoms with Gasteiger partial charge in [-0.25, -0.2) is 4.98 Å². The summed E-state index contributed by atoms with van der Waals surface area (Å²) in [6, 6.07) is 9.89. The molecule has 0 amide bonds. The monoisotopic (exact) mass is 388 g/mol. The van der Waals surface area contributed by atoms with Gasteiger partial charge in [0.2, 0.25) is 0 Å². The molecule has 1 atom stereocenters. The zero-order valence-electron chi connectivity index (χ0n) is 9.62. The summed E-state index contributed by atoms with van der Waals surface area (Å²) < 4.78 is 1.83. The van der Waals surface area contributed by atoms with E-state index in [1.165, 1.54) is 0 Å². The Kier molecular flexibility index (Phi) is 4.65. The van der Waals surface area contributed by atoms with Gasteiger partial charge in [-0.05, 0) is 56.5 Å². The predicted molar refractivity (Wildman–Crippen MR) is 83.6 cm³/mol. The Hall–Kier alpha value is -0.580. The summed E-state index contributed by atoms with van der Waals surface area (Å²) in [5.74, 6) is 0.767. The number of rotatable bonds is 3. The number of para-hydroxylation sites is 1. The third kappa shape index (κ3) is 3.25. The maximum atomic E-state index is 6.16. The van der Waals surface area contributed by atoms with Crippen LogP contribution in [0.1, 0.15) is 17.9 Å². The van der Waals surface area contributed by atoms with E-state index in [0.29, 0.717) is 0 Å². The van der Waals surface area contributed by atoms with Gasteiger partial charge in [0.05, 0.1) is 9.85 Å². The van der Waals surface area contributed by atoms with Gasteiger partial charge in [0.1, 0.15) is 5.82 Å². The SMILES string of the molecule is CC(Cl)c1ccccc1Nc1ncc(Br)cc1Br. The molecule has 1 aromatic heterocycles. The normalized spacial score (nSPS) is 12.2. The summed E-state index contributed by atoms with van der Waals surface area (Å²) in [6.45, 7) is 1.95. The lowest BCUT2D eigenvalue weighted by Crippen LogP contribution is -1.99. The van der Waals surface area contributed by atoms with Gasteiger partial charge >= 0.3 is 0 Å². The molecule has 2 aromatic rings. The Morgan fingerprint density at radius 2 is 2.00 bits per heavy atom. The maximum Gasteiger partial charge on any atom is 0.144 e. The quantitative estimate of drug-likeness (QED) is 0.685. The van der Waals surface area contributed by atoms with Crippen molar-refractivity contribution in [2.45, 2.75) is 12.3 Å². The van der Waals surface area contributed by atoms with Crippen molar-refractivity contribution in [3.63, 3.8) is 0 Å². The summed E-state index contributed by atoms with van der Waals surface area (Å²) in [5.41, 5.74) is 2.02. The van der Waals surface area contributed by atoms with E-state index in [9.17, 15) is 0 Å². The third-order valence-electron chi connectivity index (χ3n) is 2.45. The van der Waals surface area contributed by atoms with Crippen molar-refractivity contribution in [2.75, 3.05) is 5.32 Å². The Morgan fingerprint density at radius 3 is 2.67 bits per heavy atom. The van der Waals surface area contributed by atoms with E-state index in [1.54, 1.807) is 6.20 Å². The molecule has 0 aliphatic carbocycles. The molecule has 0 spiro atoms. The molecule has 2 rings (SSSR count). The van der Waals surface area contributed by atoms with Crippen LogP contribution in [-0.2, 0) is 0 Å². The summed E-state index contributed by atoms with van der Waals surface area (Å²) in [6.07, 6.45) is 1.75. The van der Waals surface area contributed by atoms with E-state index in [4.69, 9.17) is 11.6 Å². The number of halogens is 3. The number of nitrogens with zero attached hydrogens (tertiary/aromatic N) is 1. The number of anilines is 2. The van der Waals surface area contributed by atoms with Crippen LogP contribution in [0, 0.1) is 0 Å². The molecule has 0 aliphatic heterocycles. The van der Waals surface area contributed by atoms with E-state index in [-0.39, 0.29) is 5.38 Å². The lowest BCUT2D eigenvalue weighted by atomic mass is 10.1. The molecule has 0 aliphatic rings. The third-order valence-corrected chi connectivity index (χ3v) is 3.72. The van der Waals surface area contributed by atoms with Gasteiger partial charge in [0.25, 0.3) is 0 Å². The molecule has 1 aromatic carbocycles. The first kappa shape index (κ1) is 13.8. The van der Waals surface area contributed by atoms with E-state index in [1.807, 2.05) is 37.3 Å². The standard InChI is InChI=1S/C13H11Br2ClN2/c1-8(16)10-4-2-3-5-12(10)18-13-11(15)6-9(14)7-17-13/h2-8H,1H3,(H,17,18). The van der Waals surface area contributed by atoms with Crippen molar-refractivity contribution in [3.8, 4) is 0 Å². The summed E-state index contributed by atoms with van der Waals surface area (Å²) >= 11 is 13.0. The molecule has 5 heteroatoms. The van der Waals surface area contributed by atoms with Crippen LogP contribution in [0.25, 0.3) is 0 Å². The Bertz CT molecular complexity index is 558. The van der Waals surface area contributed by atoms with E-state index in [0.717, 1.165) is 26.0 Å². The highest BCUT2D eigenvalue weighted by Crippen LogP contribution is 2.31. The minimum Gasteiger partial charge on any atom is -0.339 e. The van der Waals surface area contributed by atoms with Gasteiger partial charge in [-0.15, -0.1) is 11.6 Å². The molecule has 0 radical (unpaired) electrons. The highest BCUT2D eigenvalue weighted by Gasteiger charge is 2.09. The first-order valence-electron chi connectivity index (χ1n) is 5.39. The van der Waals surface area contributed by atoms with Crippen LogP contribution in [0.4, 0.5) is 11.5 Å². The molecular formula is C13H11Br2ClN2. The first-order chi connectivity index (χ1) is 8.58. The first-order valence-corrected chi connectivity index (χ1v) is 7.41. The Balaban J connectivity index is 2.34. The zero-order valence-corrected chi connectivity index (χ0v) is 13.6. The molecule has 1 N–H and O–H groups in total. The van der Waals surface area contributed by atoms with Crippen LogP contribution in [0.3, 0.4) is 0 Å². The minimum absolute atomic E-state index is 0.0528. The van der Waals surface area contributed by atoms with Crippen molar-refractivity contribution < 1.29 is 0 Å². The average Bonchev–Trinajstić information content (AvgIpc) is 2.33. The number of nitrogens with one attached hydrogen (secondary N) is 1. The number of hydrogen-bond donors (Lipinski definition) is 1. The molecular weight excluding hydrogens is 379 g/mol.